The van der Waals surface area contributed by atoms with Crippen molar-refractivity contribution >= 4 is 28.8 Å². The number of carbonyl (C=O) groups is 3. The summed E-state index contributed by atoms with van der Waals surface area (Å²) in [4.78, 5) is 34.4. The van der Waals surface area contributed by atoms with Crippen LogP contribution in [0.15, 0.2) is 59.0 Å². The van der Waals surface area contributed by atoms with Crippen LogP contribution in [0.3, 0.4) is 0 Å². The Bertz CT molecular complexity index is 1010. The van der Waals surface area contributed by atoms with Gasteiger partial charge in [-0.05, 0) is 24.1 Å². The highest BCUT2D eigenvalue weighted by Crippen LogP contribution is 2.27. The summed E-state index contributed by atoms with van der Waals surface area (Å²) in [6, 6.07) is 16.5. The number of amides is 4. The normalized spacial score (nSPS) is 16.1. The van der Waals surface area contributed by atoms with Gasteiger partial charge >= 0.3 is 6.03 Å². The van der Waals surface area contributed by atoms with Crippen molar-refractivity contribution in [1.82, 2.24) is 16.0 Å². The number of para-hydroxylation sites is 1. The molecule has 28 heavy (non-hydrogen) atoms. The van der Waals surface area contributed by atoms with Crippen molar-refractivity contribution in [2.45, 2.75) is 18.9 Å². The minimum atomic E-state index is -0.796. The maximum atomic E-state index is 11.9. The molecule has 0 saturated carbocycles. The van der Waals surface area contributed by atoms with E-state index in [1.165, 1.54) is 0 Å². The fourth-order valence-electron chi connectivity index (χ4n) is 3.17. The topological polar surface area (TPSA) is 100 Å². The first-order valence-electron chi connectivity index (χ1n) is 9.04. The van der Waals surface area contributed by atoms with Gasteiger partial charge in [-0.1, -0.05) is 42.5 Å². The first kappa shape index (κ1) is 17.8. The van der Waals surface area contributed by atoms with Crippen molar-refractivity contribution < 1.29 is 18.8 Å². The van der Waals surface area contributed by atoms with Gasteiger partial charge in [-0.2, -0.15) is 0 Å². The smallest absolute Gasteiger partial charge is 0.322 e. The van der Waals surface area contributed by atoms with Crippen LogP contribution in [0.2, 0.25) is 0 Å². The van der Waals surface area contributed by atoms with E-state index in [0.29, 0.717) is 13.0 Å². The molecule has 0 aliphatic carbocycles. The summed E-state index contributed by atoms with van der Waals surface area (Å²) in [5.41, 5.74) is 2.93. The number of urea groups is 1. The summed E-state index contributed by atoms with van der Waals surface area (Å²) in [5.74, 6) is 0.0699. The van der Waals surface area contributed by atoms with Crippen LogP contribution >= 0.6 is 0 Å². The summed E-state index contributed by atoms with van der Waals surface area (Å²) < 4.78 is 5.87. The van der Waals surface area contributed by atoms with Crippen molar-refractivity contribution in [3.63, 3.8) is 0 Å². The van der Waals surface area contributed by atoms with E-state index in [1.54, 1.807) is 0 Å². The van der Waals surface area contributed by atoms with Gasteiger partial charge in [0.2, 0.25) is 5.91 Å². The van der Waals surface area contributed by atoms with Crippen LogP contribution in [-0.4, -0.2) is 30.4 Å². The van der Waals surface area contributed by atoms with Crippen molar-refractivity contribution in [3.8, 4) is 11.3 Å². The van der Waals surface area contributed by atoms with Crippen LogP contribution in [0.5, 0.6) is 0 Å². The molecule has 0 radical (unpaired) electrons. The Morgan fingerprint density at radius 3 is 2.57 bits per heavy atom. The van der Waals surface area contributed by atoms with Crippen molar-refractivity contribution in [3.05, 3.63) is 60.2 Å². The molecule has 1 aliphatic heterocycles. The lowest BCUT2D eigenvalue weighted by Gasteiger charge is -2.08. The quantitative estimate of drug-likeness (QED) is 0.574. The molecule has 3 N–H and O–H groups in total. The minimum Gasteiger partial charge on any atom is -0.456 e. The van der Waals surface area contributed by atoms with Crippen LogP contribution in [0.1, 0.15) is 12.0 Å². The van der Waals surface area contributed by atoms with E-state index in [-0.39, 0.29) is 12.3 Å². The molecular formula is C21H19N3O4. The number of rotatable bonds is 6. The molecule has 0 spiro atoms. The highest BCUT2D eigenvalue weighted by Gasteiger charge is 2.31. The third-order valence-corrected chi connectivity index (χ3v) is 4.65. The van der Waals surface area contributed by atoms with Crippen molar-refractivity contribution in [2.75, 3.05) is 6.54 Å². The molecule has 2 aromatic carbocycles. The lowest BCUT2D eigenvalue weighted by molar-refractivity contribution is -0.126. The monoisotopic (exact) mass is 377 g/mol. The molecule has 1 fully saturated rings. The van der Waals surface area contributed by atoms with E-state index in [2.05, 4.69) is 16.0 Å². The molecule has 142 valence electrons. The third kappa shape index (κ3) is 3.88. The van der Waals surface area contributed by atoms with Gasteiger partial charge in [-0.15, -0.1) is 0 Å². The Balaban J connectivity index is 1.29. The van der Waals surface area contributed by atoms with E-state index >= 15 is 0 Å². The summed E-state index contributed by atoms with van der Waals surface area (Å²) in [7, 11) is 0. The average molecular weight is 377 g/mol. The van der Waals surface area contributed by atoms with Gasteiger partial charge in [-0.3, -0.25) is 14.9 Å². The molecule has 1 aromatic heterocycles. The van der Waals surface area contributed by atoms with Crippen LogP contribution in [-0.2, 0) is 16.0 Å². The van der Waals surface area contributed by atoms with Crippen LogP contribution in [0.25, 0.3) is 22.3 Å². The standard InChI is InChI=1S/C21H19N3O4/c25-19(12-16-20(26)24-21(27)23-16)22-10-9-13-5-7-14(8-6-13)18-11-15-3-1-2-4-17(15)28-18/h1-8,11,16H,9-10,12H2,(H,22,25)(H2,23,24,26,27). The Labute approximate surface area is 161 Å². The maximum absolute atomic E-state index is 11.9. The molecule has 1 atom stereocenters. The highest BCUT2D eigenvalue weighted by atomic mass is 16.3. The van der Waals surface area contributed by atoms with Gasteiger partial charge in [0.25, 0.3) is 5.91 Å². The van der Waals surface area contributed by atoms with E-state index in [4.69, 9.17) is 4.42 Å². The SMILES string of the molecule is O=C(CC1NC(=O)NC1=O)NCCc1ccc(-c2cc3ccccc3o2)cc1. The second-order valence-electron chi connectivity index (χ2n) is 6.66. The molecule has 2 heterocycles. The summed E-state index contributed by atoms with van der Waals surface area (Å²) in [5, 5.41) is 8.34. The van der Waals surface area contributed by atoms with E-state index < -0.39 is 18.0 Å². The summed E-state index contributed by atoms with van der Waals surface area (Å²) in [6.45, 7) is 0.450. The molecule has 4 rings (SSSR count). The predicted octanol–water partition coefficient (Wildman–Crippen LogP) is 2.36. The Morgan fingerprint density at radius 2 is 1.86 bits per heavy atom. The molecule has 1 saturated heterocycles. The third-order valence-electron chi connectivity index (χ3n) is 4.65. The molecule has 7 nitrogen and oxygen atoms in total. The van der Waals surface area contributed by atoms with Crippen molar-refractivity contribution in [2.24, 2.45) is 0 Å². The molecule has 4 amide bonds. The molecule has 3 aromatic rings. The number of hydrogen-bond acceptors (Lipinski definition) is 4. The van der Waals surface area contributed by atoms with Crippen LogP contribution in [0, 0.1) is 0 Å². The summed E-state index contributed by atoms with van der Waals surface area (Å²) >= 11 is 0. The van der Waals surface area contributed by atoms with Gasteiger partial charge in [-0.25, -0.2) is 4.79 Å². The molecule has 0 bridgehead atoms. The van der Waals surface area contributed by atoms with E-state index in [0.717, 1.165) is 27.9 Å². The number of furan rings is 1. The fraction of sp³-hybridized carbons (Fsp3) is 0.190. The van der Waals surface area contributed by atoms with Gasteiger partial charge in [0.1, 0.15) is 17.4 Å². The Kier molecular flexibility index (Phi) is 4.80. The van der Waals surface area contributed by atoms with E-state index in [9.17, 15) is 14.4 Å². The Hall–Kier alpha value is -3.61. The zero-order valence-corrected chi connectivity index (χ0v) is 15.0. The number of imide groups is 1. The van der Waals surface area contributed by atoms with Crippen LogP contribution < -0.4 is 16.0 Å². The predicted molar refractivity (Wildman–Crippen MR) is 103 cm³/mol. The first-order valence-corrected chi connectivity index (χ1v) is 9.04. The zero-order chi connectivity index (χ0) is 19.5. The van der Waals surface area contributed by atoms with Gasteiger partial charge < -0.3 is 15.1 Å². The molecule has 1 unspecified atom stereocenters. The number of hydrogen-bond donors (Lipinski definition) is 3. The molecule has 1 aliphatic rings. The summed E-state index contributed by atoms with van der Waals surface area (Å²) in [6.07, 6.45) is 0.595. The number of fused-ring (bicyclic) bond motifs is 1. The number of nitrogens with one attached hydrogen (secondary N) is 3. The zero-order valence-electron chi connectivity index (χ0n) is 15.0. The second-order valence-corrected chi connectivity index (χ2v) is 6.66. The van der Waals surface area contributed by atoms with E-state index in [1.807, 2.05) is 54.6 Å². The van der Waals surface area contributed by atoms with Gasteiger partial charge in [0.05, 0.1) is 6.42 Å². The maximum Gasteiger partial charge on any atom is 0.322 e. The van der Waals surface area contributed by atoms with Gasteiger partial charge in [0, 0.05) is 17.5 Å². The Morgan fingerprint density at radius 1 is 1.07 bits per heavy atom. The molecular weight excluding hydrogens is 358 g/mol. The lowest BCUT2D eigenvalue weighted by Crippen LogP contribution is -2.36. The van der Waals surface area contributed by atoms with Crippen LogP contribution in [0.4, 0.5) is 4.79 Å². The highest BCUT2D eigenvalue weighted by molar-refractivity contribution is 6.05. The first-order chi connectivity index (χ1) is 13.6. The number of carbonyl (C=O) groups excluding carboxylic acids is 3. The van der Waals surface area contributed by atoms with Gasteiger partial charge in [0.15, 0.2) is 0 Å². The average Bonchev–Trinajstić information content (AvgIpc) is 3.25. The minimum absolute atomic E-state index is 0.0669. The fourth-order valence-corrected chi connectivity index (χ4v) is 3.17. The molecule has 7 heteroatoms. The second kappa shape index (κ2) is 7.56. The van der Waals surface area contributed by atoms with Crippen molar-refractivity contribution in [1.29, 1.82) is 0 Å². The lowest BCUT2D eigenvalue weighted by atomic mass is 10.1. The largest absolute Gasteiger partial charge is 0.456 e. The number of benzene rings is 2.